The molecule has 1 aliphatic rings. The van der Waals surface area contributed by atoms with Gasteiger partial charge < -0.3 is 5.32 Å². The minimum Gasteiger partial charge on any atom is -0.323 e. The highest BCUT2D eigenvalue weighted by Crippen LogP contribution is 2.28. The molecule has 1 heterocycles. The van der Waals surface area contributed by atoms with Crippen molar-refractivity contribution in [1.82, 2.24) is 4.90 Å². The van der Waals surface area contributed by atoms with Gasteiger partial charge in [-0.2, -0.15) is 0 Å². The summed E-state index contributed by atoms with van der Waals surface area (Å²) in [5.74, 6) is 0.0452. The number of aryl methyl sites for hydroxylation is 2. The molecule has 1 unspecified atom stereocenters. The molecule has 1 saturated heterocycles. The number of carbonyl (C=O) groups is 1. The molecule has 1 fully saturated rings. The quantitative estimate of drug-likeness (QED) is 0.893. The van der Waals surface area contributed by atoms with Gasteiger partial charge in [0.25, 0.3) is 0 Å². The van der Waals surface area contributed by atoms with Crippen molar-refractivity contribution in [2.75, 3.05) is 18.9 Å². The van der Waals surface area contributed by atoms with Gasteiger partial charge in [-0.25, -0.2) is 0 Å². The Labute approximate surface area is 113 Å². The Hall–Kier alpha value is -1.06. The molecule has 1 aromatic carbocycles. The van der Waals surface area contributed by atoms with Crippen LogP contribution in [0.3, 0.4) is 0 Å². The zero-order chi connectivity index (χ0) is 13.3. The topological polar surface area (TPSA) is 32.3 Å². The SMILES string of the molecule is Cc1cc(C)c(NC(=O)C2CCCN2C)c(Cl)c1. The predicted molar refractivity (Wildman–Crippen MR) is 75.2 cm³/mol. The lowest BCUT2D eigenvalue weighted by Gasteiger charge is -2.20. The minimum absolute atomic E-state index is 0.0261. The standard InChI is InChI=1S/C14H19ClN2O/c1-9-7-10(2)13(11(15)8-9)16-14(18)12-5-4-6-17(12)3/h7-8,12H,4-6H2,1-3H3,(H,16,18). The third-order valence-electron chi connectivity index (χ3n) is 3.50. The molecule has 1 N–H and O–H groups in total. The summed E-state index contributed by atoms with van der Waals surface area (Å²) >= 11 is 6.19. The van der Waals surface area contributed by atoms with E-state index in [1.54, 1.807) is 0 Å². The molecule has 98 valence electrons. The number of anilines is 1. The fraction of sp³-hybridized carbons (Fsp3) is 0.500. The first kappa shape index (κ1) is 13.4. The van der Waals surface area contributed by atoms with Gasteiger partial charge >= 0.3 is 0 Å². The van der Waals surface area contributed by atoms with E-state index in [-0.39, 0.29) is 11.9 Å². The molecule has 1 atom stereocenters. The molecular weight excluding hydrogens is 248 g/mol. The summed E-state index contributed by atoms with van der Waals surface area (Å²) in [4.78, 5) is 14.3. The Balaban J connectivity index is 2.17. The lowest BCUT2D eigenvalue weighted by molar-refractivity contribution is -0.119. The Kier molecular flexibility index (Phi) is 3.93. The number of hydrogen-bond donors (Lipinski definition) is 1. The summed E-state index contributed by atoms with van der Waals surface area (Å²) < 4.78 is 0. The number of amides is 1. The molecule has 0 bridgehead atoms. The van der Waals surface area contributed by atoms with Crippen LogP contribution in [0.2, 0.25) is 5.02 Å². The highest BCUT2D eigenvalue weighted by molar-refractivity contribution is 6.34. The van der Waals surface area contributed by atoms with Crippen LogP contribution in [0.15, 0.2) is 12.1 Å². The fourth-order valence-corrected chi connectivity index (χ4v) is 2.89. The van der Waals surface area contributed by atoms with E-state index in [9.17, 15) is 4.79 Å². The Bertz CT molecular complexity index is 450. The second-order valence-corrected chi connectivity index (χ2v) is 5.47. The van der Waals surface area contributed by atoms with Crippen molar-refractivity contribution in [3.05, 3.63) is 28.3 Å². The number of rotatable bonds is 2. The number of likely N-dealkylation sites (tertiary alicyclic amines) is 1. The van der Waals surface area contributed by atoms with Crippen LogP contribution < -0.4 is 5.32 Å². The van der Waals surface area contributed by atoms with E-state index in [4.69, 9.17) is 11.6 Å². The van der Waals surface area contributed by atoms with E-state index < -0.39 is 0 Å². The van der Waals surface area contributed by atoms with Crippen molar-refractivity contribution < 1.29 is 4.79 Å². The lowest BCUT2D eigenvalue weighted by Crippen LogP contribution is -2.37. The smallest absolute Gasteiger partial charge is 0.241 e. The molecule has 1 aromatic rings. The van der Waals surface area contributed by atoms with Gasteiger partial charge in [0.15, 0.2) is 0 Å². The van der Waals surface area contributed by atoms with Crippen molar-refractivity contribution in [3.63, 3.8) is 0 Å². The van der Waals surface area contributed by atoms with Crippen molar-refractivity contribution in [1.29, 1.82) is 0 Å². The van der Waals surface area contributed by atoms with Gasteiger partial charge in [0.2, 0.25) is 5.91 Å². The van der Waals surface area contributed by atoms with Crippen LogP contribution in [-0.4, -0.2) is 30.4 Å². The third kappa shape index (κ3) is 2.68. The van der Waals surface area contributed by atoms with Gasteiger partial charge in [-0.1, -0.05) is 17.7 Å². The maximum atomic E-state index is 12.2. The molecule has 0 aliphatic carbocycles. The molecule has 18 heavy (non-hydrogen) atoms. The van der Waals surface area contributed by atoms with Gasteiger partial charge in [0.1, 0.15) is 0 Å². The van der Waals surface area contributed by atoms with E-state index >= 15 is 0 Å². The summed E-state index contributed by atoms with van der Waals surface area (Å²) in [5, 5.41) is 3.58. The van der Waals surface area contributed by atoms with Crippen LogP contribution >= 0.6 is 11.6 Å². The summed E-state index contributed by atoms with van der Waals surface area (Å²) in [6.45, 7) is 4.95. The van der Waals surface area contributed by atoms with Crippen LogP contribution in [-0.2, 0) is 4.79 Å². The molecule has 0 radical (unpaired) electrons. The normalized spacial score (nSPS) is 20.1. The van der Waals surface area contributed by atoms with Gasteiger partial charge in [0, 0.05) is 0 Å². The number of halogens is 1. The Morgan fingerprint density at radius 1 is 1.44 bits per heavy atom. The molecule has 1 aliphatic heterocycles. The lowest BCUT2D eigenvalue weighted by atomic mass is 10.1. The van der Waals surface area contributed by atoms with Crippen LogP contribution in [0, 0.1) is 13.8 Å². The zero-order valence-electron chi connectivity index (χ0n) is 11.1. The highest BCUT2D eigenvalue weighted by atomic mass is 35.5. The second kappa shape index (κ2) is 5.29. The summed E-state index contributed by atoms with van der Waals surface area (Å²) in [6, 6.07) is 3.88. The fourth-order valence-electron chi connectivity index (χ4n) is 2.52. The van der Waals surface area contributed by atoms with Crippen molar-refractivity contribution in [3.8, 4) is 0 Å². The highest BCUT2D eigenvalue weighted by Gasteiger charge is 2.28. The van der Waals surface area contributed by atoms with E-state index in [1.807, 2.05) is 33.0 Å². The number of likely N-dealkylation sites (N-methyl/N-ethyl adjacent to an activating group) is 1. The van der Waals surface area contributed by atoms with Gasteiger partial charge in [0.05, 0.1) is 16.8 Å². The van der Waals surface area contributed by atoms with E-state index in [1.165, 1.54) is 0 Å². The maximum absolute atomic E-state index is 12.2. The number of nitrogens with one attached hydrogen (secondary N) is 1. The number of nitrogens with zero attached hydrogens (tertiary/aromatic N) is 1. The largest absolute Gasteiger partial charge is 0.323 e. The van der Waals surface area contributed by atoms with Gasteiger partial charge in [-0.05, 0) is 57.5 Å². The van der Waals surface area contributed by atoms with Crippen molar-refractivity contribution >= 4 is 23.2 Å². The van der Waals surface area contributed by atoms with Crippen LogP contribution in [0.5, 0.6) is 0 Å². The van der Waals surface area contributed by atoms with Crippen LogP contribution in [0.4, 0.5) is 5.69 Å². The Morgan fingerprint density at radius 3 is 2.72 bits per heavy atom. The molecule has 0 spiro atoms. The maximum Gasteiger partial charge on any atom is 0.241 e. The molecule has 1 amide bonds. The molecule has 2 rings (SSSR count). The first-order chi connectivity index (χ1) is 8.49. The first-order valence-electron chi connectivity index (χ1n) is 6.27. The zero-order valence-corrected chi connectivity index (χ0v) is 11.8. The first-order valence-corrected chi connectivity index (χ1v) is 6.64. The minimum atomic E-state index is -0.0261. The average molecular weight is 267 g/mol. The number of hydrogen-bond acceptors (Lipinski definition) is 2. The monoisotopic (exact) mass is 266 g/mol. The predicted octanol–water partition coefficient (Wildman–Crippen LogP) is 2.99. The van der Waals surface area contributed by atoms with Crippen molar-refractivity contribution in [2.45, 2.75) is 32.7 Å². The number of carbonyl (C=O) groups excluding carboxylic acids is 1. The van der Waals surface area contributed by atoms with E-state index in [2.05, 4.69) is 10.2 Å². The molecular formula is C14H19ClN2O. The summed E-state index contributed by atoms with van der Waals surface area (Å²) in [6.07, 6.45) is 2.00. The van der Waals surface area contributed by atoms with E-state index in [0.717, 1.165) is 36.2 Å². The van der Waals surface area contributed by atoms with Gasteiger partial charge in [-0.3, -0.25) is 9.69 Å². The summed E-state index contributed by atoms with van der Waals surface area (Å²) in [7, 11) is 1.99. The third-order valence-corrected chi connectivity index (χ3v) is 3.80. The number of benzene rings is 1. The van der Waals surface area contributed by atoms with Gasteiger partial charge in [-0.15, -0.1) is 0 Å². The van der Waals surface area contributed by atoms with Crippen molar-refractivity contribution in [2.24, 2.45) is 0 Å². The average Bonchev–Trinajstić information content (AvgIpc) is 2.69. The molecule has 3 nitrogen and oxygen atoms in total. The Morgan fingerprint density at radius 2 is 2.17 bits per heavy atom. The van der Waals surface area contributed by atoms with Crippen LogP contribution in [0.1, 0.15) is 24.0 Å². The summed E-state index contributed by atoms with van der Waals surface area (Å²) in [5.41, 5.74) is 2.86. The molecule has 4 heteroatoms. The van der Waals surface area contributed by atoms with E-state index in [0.29, 0.717) is 5.02 Å². The second-order valence-electron chi connectivity index (χ2n) is 5.07. The molecule has 0 saturated carbocycles. The molecule has 0 aromatic heterocycles. The van der Waals surface area contributed by atoms with Crippen LogP contribution in [0.25, 0.3) is 0 Å².